The van der Waals surface area contributed by atoms with Crippen molar-refractivity contribution in [3.8, 4) is 11.5 Å². The molecular weight excluding hydrogens is 352 g/mol. The smallest absolute Gasteiger partial charge is 0.329 e. The first kappa shape index (κ1) is 21.9. The Hall–Kier alpha value is -3.10. The molecule has 0 unspecified atom stereocenters. The normalized spacial score (nSPS) is 11.0. The summed E-state index contributed by atoms with van der Waals surface area (Å²) in [5.41, 5.74) is 2.95. The number of hydrogen-bond donors (Lipinski definition) is 3. The molecular formula is C18H26N4O5. The molecule has 3 N–H and O–H groups in total. The molecule has 1 aromatic rings. The largest absolute Gasteiger partial charge is 0.497 e. The second kappa shape index (κ2) is 10.8. The Bertz CT molecular complexity index is 716. The third-order valence-corrected chi connectivity index (χ3v) is 3.32. The summed E-state index contributed by atoms with van der Waals surface area (Å²) in [6.45, 7) is 5.78. The standard InChI is InChI=1S/C18H26N4O5/c1-11(2)10-19-17(24)18(25)22-21-12(3)8-16(23)20-14-7-6-13(26-4)9-15(14)27-5/h6-7,9,11H,8,10H2,1-5H3,(H,19,24)(H,20,23)(H,22,25)/b21-12-. The zero-order valence-corrected chi connectivity index (χ0v) is 16.2. The van der Waals surface area contributed by atoms with Crippen LogP contribution in [0.5, 0.6) is 11.5 Å². The van der Waals surface area contributed by atoms with Gasteiger partial charge in [0.2, 0.25) is 5.91 Å². The van der Waals surface area contributed by atoms with Crippen LogP contribution in [-0.2, 0) is 14.4 Å². The number of hydrazone groups is 1. The van der Waals surface area contributed by atoms with Gasteiger partial charge >= 0.3 is 11.8 Å². The number of benzene rings is 1. The zero-order chi connectivity index (χ0) is 20.4. The molecule has 27 heavy (non-hydrogen) atoms. The molecule has 0 heterocycles. The Balaban J connectivity index is 2.57. The number of hydrogen-bond acceptors (Lipinski definition) is 6. The van der Waals surface area contributed by atoms with Gasteiger partial charge in [-0.15, -0.1) is 0 Å². The van der Waals surface area contributed by atoms with Crippen LogP contribution in [0.15, 0.2) is 23.3 Å². The highest BCUT2D eigenvalue weighted by molar-refractivity contribution is 6.35. The van der Waals surface area contributed by atoms with Crippen LogP contribution in [0.2, 0.25) is 0 Å². The second-order valence-corrected chi connectivity index (χ2v) is 6.18. The van der Waals surface area contributed by atoms with Crippen LogP contribution in [0.1, 0.15) is 27.2 Å². The number of amides is 3. The molecule has 9 nitrogen and oxygen atoms in total. The molecule has 0 bridgehead atoms. The Labute approximate surface area is 158 Å². The van der Waals surface area contributed by atoms with Gasteiger partial charge in [0, 0.05) is 18.3 Å². The van der Waals surface area contributed by atoms with E-state index in [9.17, 15) is 14.4 Å². The molecule has 0 aromatic heterocycles. The monoisotopic (exact) mass is 378 g/mol. The van der Waals surface area contributed by atoms with E-state index in [1.807, 2.05) is 13.8 Å². The number of methoxy groups -OCH3 is 2. The van der Waals surface area contributed by atoms with E-state index in [-0.39, 0.29) is 18.2 Å². The van der Waals surface area contributed by atoms with Crippen LogP contribution in [0.4, 0.5) is 5.69 Å². The molecule has 3 amide bonds. The van der Waals surface area contributed by atoms with Crippen molar-refractivity contribution in [3.63, 3.8) is 0 Å². The predicted molar refractivity (Wildman–Crippen MR) is 102 cm³/mol. The molecule has 9 heteroatoms. The molecule has 0 aliphatic rings. The Morgan fingerprint density at radius 1 is 1.11 bits per heavy atom. The average Bonchev–Trinajstić information content (AvgIpc) is 2.64. The van der Waals surface area contributed by atoms with Crippen LogP contribution >= 0.6 is 0 Å². The number of ether oxygens (including phenoxy) is 2. The van der Waals surface area contributed by atoms with E-state index < -0.39 is 11.8 Å². The summed E-state index contributed by atoms with van der Waals surface area (Å²) >= 11 is 0. The Morgan fingerprint density at radius 3 is 2.41 bits per heavy atom. The van der Waals surface area contributed by atoms with E-state index in [0.717, 1.165) is 0 Å². The van der Waals surface area contributed by atoms with Crippen molar-refractivity contribution in [2.75, 3.05) is 26.1 Å². The van der Waals surface area contributed by atoms with Gasteiger partial charge in [-0.05, 0) is 25.0 Å². The molecule has 0 fully saturated rings. The summed E-state index contributed by atoms with van der Waals surface area (Å²) in [5.74, 6) is -0.725. The number of carbonyl (C=O) groups is 3. The lowest BCUT2D eigenvalue weighted by atomic mass is 10.2. The fraction of sp³-hybridized carbons (Fsp3) is 0.444. The Morgan fingerprint density at radius 2 is 1.81 bits per heavy atom. The molecule has 0 spiro atoms. The van der Waals surface area contributed by atoms with E-state index in [0.29, 0.717) is 29.4 Å². The second-order valence-electron chi connectivity index (χ2n) is 6.18. The first-order chi connectivity index (χ1) is 12.8. The zero-order valence-electron chi connectivity index (χ0n) is 16.2. The highest BCUT2D eigenvalue weighted by Crippen LogP contribution is 2.29. The minimum Gasteiger partial charge on any atom is -0.497 e. The van der Waals surface area contributed by atoms with Gasteiger partial charge in [0.05, 0.1) is 26.3 Å². The molecule has 0 saturated heterocycles. The summed E-state index contributed by atoms with van der Waals surface area (Å²) in [6, 6.07) is 4.99. The van der Waals surface area contributed by atoms with Crippen molar-refractivity contribution < 1.29 is 23.9 Å². The fourth-order valence-electron chi connectivity index (χ4n) is 1.94. The quantitative estimate of drug-likeness (QED) is 0.358. The highest BCUT2D eigenvalue weighted by atomic mass is 16.5. The molecule has 1 rings (SSSR count). The van der Waals surface area contributed by atoms with Gasteiger partial charge in [0.1, 0.15) is 11.5 Å². The molecule has 0 radical (unpaired) electrons. The van der Waals surface area contributed by atoms with Gasteiger partial charge in [-0.3, -0.25) is 14.4 Å². The lowest BCUT2D eigenvalue weighted by molar-refractivity contribution is -0.139. The molecule has 0 aliphatic carbocycles. The van der Waals surface area contributed by atoms with Gasteiger partial charge in [-0.25, -0.2) is 5.43 Å². The lowest BCUT2D eigenvalue weighted by Crippen LogP contribution is -2.39. The highest BCUT2D eigenvalue weighted by Gasteiger charge is 2.14. The molecule has 0 saturated carbocycles. The maximum Gasteiger partial charge on any atom is 0.329 e. The van der Waals surface area contributed by atoms with E-state index >= 15 is 0 Å². The van der Waals surface area contributed by atoms with Gasteiger partial charge in [-0.1, -0.05) is 13.8 Å². The number of carbonyl (C=O) groups excluding carboxylic acids is 3. The number of anilines is 1. The fourth-order valence-corrected chi connectivity index (χ4v) is 1.94. The van der Waals surface area contributed by atoms with E-state index in [2.05, 4.69) is 21.2 Å². The summed E-state index contributed by atoms with van der Waals surface area (Å²) in [6.07, 6.45) is -0.0664. The predicted octanol–water partition coefficient (Wildman–Crippen LogP) is 1.30. The average molecular weight is 378 g/mol. The van der Waals surface area contributed by atoms with E-state index in [1.165, 1.54) is 14.2 Å². The SMILES string of the molecule is COc1ccc(NC(=O)C/C(C)=N\NC(=O)C(=O)NCC(C)C)c(OC)c1. The van der Waals surface area contributed by atoms with E-state index in [4.69, 9.17) is 9.47 Å². The third kappa shape index (κ3) is 7.76. The van der Waals surface area contributed by atoms with Crippen LogP contribution in [0, 0.1) is 5.92 Å². The van der Waals surface area contributed by atoms with Crippen molar-refractivity contribution in [2.24, 2.45) is 11.0 Å². The van der Waals surface area contributed by atoms with Crippen molar-refractivity contribution in [2.45, 2.75) is 27.2 Å². The van der Waals surface area contributed by atoms with Crippen molar-refractivity contribution in [1.82, 2.24) is 10.7 Å². The van der Waals surface area contributed by atoms with Crippen LogP contribution < -0.4 is 25.5 Å². The first-order valence-electron chi connectivity index (χ1n) is 8.40. The third-order valence-electron chi connectivity index (χ3n) is 3.32. The molecule has 0 aliphatic heterocycles. The Kier molecular flexibility index (Phi) is 8.77. The maximum absolute atomic E-state index is 12.1. The van der Waals surface area contributed by atoms with Gasteiger partial charge in [0.15, 0.2) is 0 Å². The van der Waals surface area contributed by atoms with Crippen molar-refractivity contribution in [3.05, 3.63) is 18.2 Å². The molecule has 1 aromatic carbocycles. The molecule has 0 atom stereocenters. The van der Waals surface area contributed by atoms with Gasteiger partial charge in [0.25, 0.3) is 0 Å². The molecule has 148 valence electrons. The topological polar surface area (TPSA) is 118 Å². The van der Waals surface area contributed by atoms with E-state index in [1.54, 1.807) is 25.1 Å². The first-order valence-corrected chi connectivity index (χ1v) is 8.40. The maximum atomic E-state index is 12.1. The minimum absolute atomic E-state index is 0.0664. The summed E-state index contributed by atoms with van der Waals surface area (Å²) in [4.78, 5) is 35.3. The number of nitrogens with one attached hydrogen (secondary N) is 3. The van der Waals surface area contributed by atoms with Gasteiger partial charge in [-0.2, -0.15) is 5.10 Å². The number of rotatable bonds is 8. The summed E-state index contributed by atoms with van der Waals surface area (Å²) < 4.78 is 10.3. The van der Waals surface area contributed by atoms with Crippen molar-refractivity contribution >= 4 is 29.1 Å². The minimum atomic E-state index is -0.882. The van der Waals surface area contributed by atoms with Crippen LogP contribution in [-0.4, -0.2) is 44.2 Å². The summed E-state index contributed by atoms with van der Waals surface area (Å²) in [7, 11) is 3.02. The lowest BCUT2D eigenvalue weighted by Gasteiger charge is -2.11. The van der Waals surface area contributed by atoms with Crippen LogP contribution in [0.3, 0.4) is 0 Å². The van der Waals surface area contributed by atoms with Crippen molar-refractivity contribution in [1.29, 1.82) is 0 Å². The number of nitrogens with zero attached hydrogens (tertiary/aromatic N) is 1. The summed E-state index contributed by atoms with van der Waals surface area (Å²) in [5, 5.41) is 8.94. The van der Waals surface area contributed by atoms with Gasteiger partial charge < -0.3 is 20.1 Å². The van der Waals surface area contributed by atoms with Crippen LogP contribution in [0.25, 0.3) is 0 Å².